The first-order valence-corrected chi connectivity index (χ1v) is 6.33. The van der Waals surface area contributed by atoms with Crippen molar-refractivity contribution in [2.24, 2.45) is 0 Å². The first kappa shape index (κ1) is 16.8. The molecule has 4 nitrogen and oxygen atoms in total. The van der Waals surface area contributed by atoms with Crippen LogP contribution in [0.1, 0.15) is 37.3 Å². The van der Waals surface area contributed by atoms with E-state index in [9.17, 15) is 18.0 Å². The highest BCUT2D eigenvalue weighted by atomic mass is 19.4. The molecule has 1 atom stereocenters. The molecule has 2 N–H and O–H groups in total. The van der Waals surface area contributed by atoms with E-state index in [-0.39, 0.29) is 18.0 Å². The number of aliphatic carboxylic acids is 1. The predicted octanol–water partition coefficient (Wildman–Crippen LogP) is 3.63. The molecule has 0 aliphatic rings. The molecule has 0 spiro atoms. The van der Waals surface area contributed by atoms with Crippen LogP contribution in [0, 0.1) is 11.3 Å². The van der Waals surface area contributed by atoms with Crippen LogP contribution in [0.25, 0.3) is 0 Å². The molecule has 0 saturated heterocycles. The smallest absolute Gasteiger partial charge is 0.416 e. The number of anilines is 1. The number of rotatable bonds is 6. The molecular weight excluding hydrogens is 285 g/mol. The summed E-state index contributed by atoms with van der Waals surface area (Å²) in [5, 5.41) is 20.4. The summed E-state index contributed by atoms with van der Waals surface area (Å²) in [6, 6.07) is 4.51. The molecule has 0 amide bonds. The molecule has 0 saturated carbocycles. The normalized spacial score (nSPS) is 12.5. The molecule has 0 aromatic heterocycles. The van der Waals surface area contributed by atoms with Gasteiger partial charge in [0.05, 0.1) is 16.8 Å². The number of nitrogens with one attached hydrogen (secondary N) is 1. The fourth-order valence-electron chi connectivity index (χ4n) is 1.84. The molecule has 1 rings (SSSR count). The van der Waals surface area contributed by atoms with Gasteiger partial charge in [-0.3, -0.25) is 4.79 Å². The Balaban J connectivity index is 2.75. The zero-order valence-corrected chi connectivity index (χ0v) is 11.4. The van der Waals surface area contributed by atoms with Crippen molar-refractivity contribution in [3.8, 4) is 6.07 Å². The van der Waals surface area contributed by atoms with Crippen LogP contribution in [0.3, 0.4) is 0 Å². The Hall–Kier alpha value is -2.23. The van der Waals surface area contributed by atoms with Crippen molar-refractivity contribution < 1.29 is 23.1 Å². The van der Waals surface area contributed by atoms with Crippen LogP contribution in [0.15, 0.2) is 18.2 Å². The lowest BCUT2D eigenvalue weighted by Gasteiger charge is -2.17. The number of hydrogen-bond donors (Lipinski definition) is 2. The van der Waals surface area contributed by atoms with Crippen molar-refractivity contribution in [1.29, 1.82) is 5.26 Å². The van der Waals surface area contributed by atoms with E-state index in [0.717, 1.165) is 12.1 Å². The first-order chi connectivity index (χ1) is 9.74. The van der Waals surface area contributed by atoms with Gasteiger partial charge in [-0.2, -0.15) is 18.4 Å². The van der Waals surface area contributed by atoms with E-state index in [1.165, 1.54) is 6.07 Å². The molecule has 114 valence electrons. The number of nitriles is 1. The number of carbonyl (C=O) groups is 1. The van der Waals surface area contributed by atoms with Crippen LogP contribution >= 0.6 is 0 Å². The number of hydrogen-bond acceptors (Lipinski definition) is 3. The molecular formula is C14H15F3N2O2. The molecule has 1 unspecified atom stereocenters. The fraction of sp³-hybridized carbons (Fsp3) is 0.429. The maximum Gasteiger partial charge on any atom is 0.416 e. The summed E-state index contributed by atoms with van der Waals surface area (Å²) in [4.78, 5) is 10.4. The van der Waals surface area contributed by atoms with Gasteiger partial charge in [-0.05, 0) is 38.0 Å². The number of alkyl halides is 3. The lowest BCUT2D eigenvalue weighted by molar-refractivity contribution is -0.138. The van der Waals surface area contributed by atoms with Crippen molar-refractivity contribution in [2.75, 3.05) is 5.32 Å². The number of nitrogens with zero attached hydrogens (tertiary/aromatic N) is 1. The van der Waals surface area contributed by atoms with Gasteiger partial charge < -0.3 is 10.4 Å². The van der Waals surface area contributed by atoms with Crippen molar-refractivity contribution >= 4 is 11.7 Å². The Morgan fingerprint density at radius 2 is 2.14 bits per heavy atom. The van der Waals surface area contributed by atoms with Gasteiger partial charge in [0.1, 0.15) is 6.07 Å². The highest BCUT2D eigenvalue weighted by Gasteiger charge is 2.31. The van der Waals surface area contributed by atoms with Gasteiger partial charge in [-0.1, -0.05) is 0 Å². The minimum atomic E-state index is -4.49. The van der Waals surface area contributed by atoms with Crippen LogP contribution in [-0.2, 0) is 11.0 Å². The van der Waals surface area contributed by atoms with Crippen LogP contribution in [0.4, 0.5) is 18.9 Å². The third-order valence-electron chi connectivity index (χ3n) is 2.90. The summed E-state index contributed by atoms with van der Waals surface area (Å²) in [6.07, 6.45) is -3.47. The topological polar surface area (TPSA) is 73.1 Å². The van der Waals surface area contributed by atoms with E-state index >= 15 is 0 Å². The Labute approximate surface area is 120 Å². The Morgan fingerprint density at radius 3 is 2.67 bits per heavy atom. The second-order valence-corrected chi connectivity index (χ2v) is 4.70. The van der Waals surface area contributed by atoms with Crippen molar-refractivity contribution in [3.05, 3.63) is 29.3 Å². The van der Waals surface area contributed by atoms with Crippen LogP contribution in [0.2, 0.25) is 0 Å². The summed E-state index contributed by atoms with van der Waals surface area (Å²) in [5.74, 6) is -0.894. The first-order valence-electron chi connectivity index (χ1n) is 6.33. The fourth-order valence-corrected chi connectivity index (χ4v) is 1.84. The van der Waals surface area contributed by atoms with E-state index in [1.54, 1.807) is 13.0 Å². The number of halogens is 3. The van der Waals surface area contributed by atoms with E-state index in [4.69, 9.17) is 10.4 Å². The predicted molar refractivity (Wildman–Crippen MR) is 70.7 cm³/mol. The average molecular weight is 300 g/mol. The lowest BCUT2D eigenvalue weighted by atomic mass is 10.1. The second kappa shape index (κ2) is 6.97. The number of carboxylic acids is 1. The second-order valence-electron chi connectivity index (χ2n) is 4.70. The molecule has 21 heavy (non-hydrogen) atoms. The minimum absolute atomic E-state index is 0.0319. The molecule has 0 heterocycles. The molecule has 7 heteroatoms. The highest BCUT2D eigenvalue weighted by molar-refractivity contribution is 5.66. The standard InChI is InChI=1S/C14H15F3N2O2/c1-9(3-2-4-13(20)21)19-12-6-5-11(14(15,16)17)7-10(12)8-18/h5-7,9,19H,2-4H2,1H3,(H,20,21). The minimum Gasteiger partial charge on any atom is -0.481 e. The molecule has 0 fully saturated rings. The van der Waals surface area contributed by atoms with E-state index in [2.05, 4.69) is 5.32 Å². The van der Waals surface area contributed by atoms with Gasteiger partial charge in [0.15, 0.2) is 0 Å². The van der Waals surface area contributed by atoms with Gasteiger partial charge in [-0.25, -0.2) is 0 Å². The monoisotopic (exact) mass is 300 g/mol. The number of carboxylic acid groups (broad SMARTS) is 1. The molecule has 0 aliphatic carbocycles. The highest BCUT2D eigenvalue weighted by Crippen LogP contribution is 2.31. The summed E-state index contributed by atoms with van der Waals surface area (Å²) >= 11 is 0. The quantitative estimate of drug-likeness (QED) is 0.841. The molecule has 1 aromatic carbocycles. The van der Waals surface area contributed by atoms with Crippen LogP contribution in [0.5, 0.6) is 0 Å². The largest absolute Gasteiger partial charge is 0.481 e. The molecule has 0 radical (unpaired) electrons. The van der Waals surface area contributed by atoms with Gasteiger partial charge in [0.25, 0.3) is 0 Å². The molecule has 1 aromatic rings. The Bertz CT molecular complexity index is 550. The lowest BCUT2D eigenvalue weighted by Crippen LogP contribution is -2.17. The number of benzene rings is 1. The third kappa shape index (κ3) is 5.34. The summed E-state index contributed by atoms with van der Waals surface area (Å²) in [5.41, 5.74) is -0.647. The maximum absolute atomic E-state index is 12.6. The van der Waals surface area contributed by atoms with Gasteiger partial charge in [-0.15, -0.1) is 0 Å². The zero-order valence-electron chi connectivity index (χ0n) is 11.4. The SMILES string of the molecule is CC(CCCC(=O)O)Nc1ccc(C(F)(F)F)cc1C#N. The van der Waals surface area contributed by atoms with E-state index < -0.39 is 17.7 Å². The molecule has 0 aliphatic heterocycles. The average Bonchev–Trinajstić information content (AvgIpc) is 2.37. The van der Waals surface area contributed by atoms with Crippen LogP contribution in [-0.4, -0.2) is 17.1 Å². The van der Waals surface area contributed by atoms with Gasteiger partial charge >= 0.3 is 12.1 Å². The maximum atomic E-state index is 12.6. The third-order valence-corrected chi connectivity index (χ3v) is 2.90. The van der Waals surface area contributed by atoms with E-state index in [0.29, 0.717) is 18.5 Å². The summed E-state index contributed by atoms with van der Waals surface area (Å²) in [7, 11) is 0. The van der Waals surface area contributed by atoms with Crippen molar-refractivity contribution in [3.63, 3.8) is 0 Å². The molecule has 0 bridgehead atoms. The van der Waals surface area contributed by atoms with Crippen LogP contribution < -0.4 is 5.32 Å². The van der Waals surface area contributed by atoms with Gasteiger partial charge in [0, 0.05) is 12.5 Å². The van der Waals surface area contributed by atoms with Crippen molar-refractivity contribution in [2.45, 2.75) is 38.4 Å². The summed E-state index contributed by atoms with van der Waals surface area (Å²) < 4.78 is 37.7. The van der Waals surface area contributed by atoms with Gasteiger partial charge in [0.2, 0.25) is 0 Å². The summed E-state index contributed by atoms with van der Waals surface area (Å²) in [6.45, 7) is 1.78. The zero-order chi connectivity index (χ0) is 16.0. The van der Waals surface area contributed by atoms with Crippen molar-refractivity contribution in [1.82, 2.24) is 0 Å². The Kier molecular flexibility index (Phi) is 5.59. The Morgan fingerprint density at radius 1 is 1.48 bits per heavy atom. The van der Waals surface area contributed by atoms with E-state index in [1.807, 2.05) is 0 Å².